The van der Waals surface area contributed by atoms with Crippen LogP contribution in [0.1, 0.15) is 20.3 Å². The van der Waals surface area contributed by atoms with Gasteiger partial charge in [-0.3, -0.25) is 9.80 Å². The first-order valence-corrected chi connectivity index (χ1v) is 4.81. The summed E-state index contributed by atoms with van der Waals surface area (Å²) in [6.45, 7) is 7.73. The molecule has 3 nitrogen and oxygen atoms in total. The van der Waals surface area contributed by atoms with Crippen LogP contribution in [-0.4, -0.2) is 48.7 Å². The number of hydrogen-bond donors (Lipinski definition) is 1. The van der Waals surface area contributed by atoms with E-state index in [1.807, 2.05) is 0 Å². The third kappa shape index (κ3) is 2.44. The topological polar surface area (TPSA) is 32.5 Å². The van der Waals surface area contributed by atoms with Gasteiger partial charge in [0, 0.05) is 18.6 Å². The molecular weight excluding hydrogens is 150 g/mol. The molecule has 0 amide bonds. The van der Waals surface area contributed by atoms with Gasteiger partial charge < -0.3 is 5.73 Å². The summed E-state index contributed by atoms with van der Waals surface area (Å²) in [4.78, 5) is 4.85. The first kappa shape index (κ1) is 9.96. The van der Waals surface area contributed by atoms with E-state index in [1.54, 1.807) is 0 Å². The molecule has 0 saturated carbocycles. The zero-order valence-corrected chi connectivity index (χ0v) is 8.45. The highest BCUT2D eigenvalue weighted by Gasteiger charge is 2.26. The quantitative estimate of drug-likeness (QED) is 0.663. The summed E-state index contributed by atoms with van der Waals surface area (Å²) in [5.74, 6) is 0. The Morgan fingerprint density at radius 1 is 1.58 bits per heavy atom. The second-order valence-electron chi connectivity index (χ2n) is 3.95. The van der Waals surface area contributed by atoms with Crippen LogP contribution < -0.4 is 5.73 Å². The molecule has 0 bridgehead atoms. The van der Waals surface area contributed by atoms with E-state index in [-0.39, 0.29) is 0 Å². The summed E-state index contributed by atoms with van der Waals surface area (Å²) in [6.07, 6.45) is 1.12. The zero-order valence-electron chi connectivity index (χ0n) is 8.45. The van der Waals surface area contributed by atoms with Crippen molar-refractivity contribution in [3.63, 3.8) is 0 Å². The van der Waals surface area contributed by atoms with Gasteiger partial charge in [-0.15, -0.1) is 0 Å². The number of hydrogen-bond acceptors (Lipinski definition) is 3. The first-order valence-electron chi connectivity index (χ1n) is 4.81. The van der Waals surface area contributed by atoms with Crippen molar-refractivity contribution in [2.75, 3.05) is 26.8 Å². The average molecular weight is 171 g/mol. The fraction of sp³-hybridized carbons (Fsp3) is 1.00. The maximum Gasteiger partial charge on any atom is 0.0507 e. The van der Waals surface area contributed by atoms with E-state index in [0.717, 1.165) is 19.6 Å². The largest absolute Gasteiger partial charge is 0.328 e. The molecule has 2 N–H and O–H groups in total. The second kappa shape index (κ2) is 4.21. The molecule has 0 radical (unpaired) electrons. The van der Waals surface area contributed by atoms with E-state index < -0.39 is 0 Å². The SMILES string of the molecule is CCN1CN(C)CC1CC(C)N. The van der Waals surface area contributed by atoms with Crippen LogP contribution >= 0.6 is 0 Å². The average Bonchev–Trinajstić information content (AvgIpc) is 2.29. The van der Waals surface area contributed by atoms with E-state index in [4.69, 9.17) is 5.73 Å². The summed E-state index contributed by atoms with van der Waals surface area (Å²) >= 11 is 0. The van der Waals surface area contributed by atoms with E-state index in [2.05, 4.69) is 30.7 Å². The monoisotopic (exact) mass is 171 g/mol. The lowest BCUT2D eigenvalue weighted by molar-refractivity contribution is 0.235. The lowest BCUT2D eigenvalue weighted by atomic mass is 10.1. The number of rotatable bonds is 3. The van der Waals surface area contributed by atoms with Crippen LogP contribution in [0.3, 0.4) is 0 Å². The van der Waals surface area contributed by atoms with Gasteiger partial charge in [0.1, 0.15) is 0 Å². The molecule has 12 heavy (non-hydrogen) atoms. The molecule has 72 valence electrons. The minimum Gasteiger partial charge on any atom is -0.328 e. The Balaban J connectivity index is 2.40. The molecule has 1 saturated heterocycles. The number of nitrogens with two attached hydrogens (primary N) is 1. The summed E-state index contributed by atoms with van der Waals surface area (Å²) in [5.41, 5.74) is 5.79. The maximum atomic E-state index is 5.79. The molecule has 0 aromatic heterocycles. The maximum absolute atomic E-state index is 5.79. The molecule has 0 aliphatic carbocycles. The van der Waals surface area contributed by atoms with Crippen molar-refractivity contribution in [2.24, 2.45) is 5.73 Å². The summed E-state index contributed by atoms with van der Waals surface area (Å²) < 4.78 is 0. The molecule has 0 aromatic carbocycles. The zero-order chi connectivity index (χ0) is 9.14. The Labute approximate surface area is 75.5 Å². The van der Waals surface area contributed by atoms with Gasteiger partial charge in [0.2, 0.25) is 0 Å². The van der Waals surface area contributed by atoms with Crippen molar-refractivity contribution in [3.8, 4) is 0 Å². The van der Waals surface area contributed by atoms with Gasteiger partial charge in [0.25, 0.3) is 0 Å². The molecule has 0 aromatic rings. The van der Waals surface area contributed by atoms with E-state index in [0.29, 0.717) is 12.1 Å². The third-order valence-corrected chi connectivity index (χ3v) is 2.51. The van der Waals surface area contributed by atoms with Crippen molar-refractivity contribution in [2.45, 2.75) is 32.4 Å². The van der Waals surface area contributed by atoms with Crippen LogP contribution in [0, 0.1) is 0 Å². The molecule has 0 spiro atoms. The van der Waals surface area contributed by atoms with Crippen LogP contribution in [0.25, 0.3) is 0 Å². The third-order valence-electron chi connectivity index (χ3n) is 2.51. The minimum absolute atomic E-state index is 0.329. The van der Waals surface area contributed by atoms with Crippen LogP contribution in [0.4, 0.5) is 0 Å². The minimum atomic E-state index is 0.329. The molecule has 1 aliphatic heterocycles. The Morgan fingerprint density at radius 3 is 2.75 bits per heavy atom. The predicted octanol–water partition coefficient (Wildman–Crippen LogP) is 0.317. The highest BCUT2D eigenvalue weighted by molar-refractivity contribution is 4.82. The molecule has 3 heteroatoms. The van der Waals surface area contributed by atoms with Crippen molar-refractivity contribution >= 4 is 0 Å². The summed E-state index contributed by atoms with van der Waals surface area (Å²) in [6, 6.07) is 1.01. The summed E-state index contributed by atoms with van der Waals surface area (Å²) in [7, 11) is 2.17. The molecule has 1 rings (SSSR count). The van der Waals surface area contributed by atoms with Crippen molar-refractivity contribution < 1.29 is 0 Å². The normalized spacial score (nSPS) is 29.5. The smallest absolute Gasteiger partial charge is 0.0507 e. The predicted molar refractivity (Wildman–Crippen MR) is 51.9 cm³/mol. The van der Waals surface area contributed by atoms with Gasteiger partial charge >= 0.3 is 0 Å². The summed E-state index contributed by atoms with van der Waals surface area (Å²) in [5, 5.41) is 0. The van der Waals surface area contributed by atoms with E-state index in [1.165, 1.54) is 6.54 Å². The van der Waals surface area contributed by atoms with Crippen molar-refractivity contribution in [1.82, 2.24) is 9.80 Å². The first-order chi connectivity index (χ1) is 5.63. The van der Waals surface area contributed by atoms with Crippen molar-refractivity contribution in [1.29, 1.82) is 0 Å². The molecule has 2 unspecified atom stereocenters. The number of likely N-dealkylation sites (N-methyl/N-ethyl adjacent to an activating group) is 2. The lowest BCUT2D eigenvalue weighted by Crippen LogP contribution is -2.35. The molecule has 1 fully saturated rings. The fourth-order valence-electron chi connectivity index (χ4n) is 1.97. The van der Waals surface area contributed by atoms with Gasteiger partial charge in [-0.25, -0.2) is 0 Å². The van der Waals surface area contributed by atoms with Gasteiger partial charge in [-0.05, 0) is 26.9 Å². The van der Waals surface area contributed by atoms with Crippen LogP contribution in [0.2, 0.25) is 0 Å². The Kier molecular flexibility index (Phi) is 3.50. The van der Waals surface area contributed by atoms with Gasteiger partial charge in [-0.1, -0.05) is 6.92 Å². The Hall–Kier alpha value is -0.120. The molecule has 1 aliphatic rings. The fourth-order valence-corrected chi connectivity index (χ4v) is 1.97. The lowest BCUT2D eigenvalue weighted by Gasteiger charge is -2.22. The molecule has 1 heterocycles. The molecular formula is C9H21N3. The molecule has 2 atom stereocenters. The Morgan fingerprint density at radius 2 is 2.25 bits per heavy atom. The van der Waals surface area contributed by atoms with Crippen LogP contribution in [0.5, 0.6) is 0 Å². The van der Waals surface area contributed by atoms with E-state index in [9.17, 15) is 0 Å². The highest BCUT2D eigenvalue weighted by Crippen LogP contribution is 2.14. The van der Waals surface area contributed by atoms with Crippen LogP contribution in [-0.2, 0) is 0 Å². The standard InChI is InChI=1S/C9H21N3/c1-4-12-7-11(3)6-9(12)5-8(2)10/h8-9H,4-7,10H2,1-3H3. The number of nitrogens with zero attached hydrogens (tertiary/aromatic N) is 2. The second-order valence-corrected chi connectivity index (χ2v) is 3.95. The van der Waals surface area contributed by atoms with E-state index >= 15 is 0 Å². The van der Waals surface area contributed by atoms with Crippen LogP contribution in [0.15, 0.2) is 0 Å². The Bertz CT molecular complexity index is 136. The van der Waals surface area contributed by atoms with Crippen molar-refractivity contribution in [3.05, 3.63) is 0 Å². The highest BCUT2D eigenvalue weighted by atomic mass is 15.4. The van der Waals surface area contributed by atoms with Gasteiger partial charge in [0.05, 0.1) is 6.67 Å². The van der Waals surface area contributed by atoms with Gasteiger partial charge in [-0.2, -0.15) is 0 Å². The van der Waals surface area contributed by atoms with Gasteiger partial charge in [0.15, 0.2) is 0 Å².